The Balaban J connectivity index is 1.72. The molecule has 0 radical (unpaired) electrons. The average molecular weight is 306 g/mol. The molecule has 2 heteroatoms. The van der Waals surface area contributed by atoms with Gasteiger partial charge >= 0.3 is 0 Å². The van der Waals surface area contributed by atoms with Crippen LogP contribution in [0.2, 0.25) is 0 Å². The molecular weight excluding hydrogens is 270 g/mol. The van der Waals surface area contributed by atoms with Crippen molar-refractivity contribution < 1.29 is 4.79 Å². The van der Waals surface area contributed by atoms with E-state index in [1.165, 1.54) is 77.0 Å². The van der Waals surface area contributed by atoms with E-state index in [1.807, 2.05) is 0 Å². The Bertz CT molecular complexity index is 337. The molecule has 3 aliphatic carbocycles. The van der Waals surface area contributed by atoms with Crippen molar-refractivity contribution in [2.45, 2.75) is 109 Å². The molecule has 0 heterocycles. The van der Waals surface area contributed by atoms with Crippen LogP contribution in [0.1, 0.15) is 96.8 Å². The topological polar surface area (TPSA) is 20.3 Å². The summed E-state index contributed by atoms with van der Waals surface area (Å²) < 4.78 is 0. The molecular formula is C20H35NO. The average Bonchev–Trinajstić information content (AvgIpc) is 2.57. The molecule has 3 aliphatic rings. The molecule has 3 rings (SSSR count). The number of nitrogens with zero attached hydrogens (tertiary/aromatic N) is 1. The van der Waals surface area contributed by atoms with Gasteiger partial charge in [0.2, 0.25) is 5.91 Å². The Labute approximate surface area is 137 Å². The van der Waals surface area contributed by atoms with Crippen molar-refractivity contribution in [1.82, 2.24) is 4.90 Å². The van der Waals surface area contributed by atoms with Gasteiger partial charge in [-0.15, -0.1) is 0 Å². The summed E-state index contributed by atoms with van der Waals surface area (Å²) in [4.78, 5) is 15.8. The van der Waals surface area contributed by atoms with E-state index >= 15 is 0 Å². The monoisotopic (exact) mass is 305 g/mol. The maximum atomic E-state index is 13.4. The van der Waals surface area contributed by atoms with Crippen molar-refractivity contribution in [1.29, 1.82) is 0 Å². The van der Waals surface area contributed by atoms with Gasteiger partial charge in [0.05, 0.1) is 0 Å². The molecule has 2 nitrogen and oxygen atoms in total. The first-order valence-corrected chi connectivity index (χ1v) is 10.1. The van der Waals surface area contributed by atoms with Crippen LogP contribution in [0, 0.1) is 11.8 Å². The Kier molecular flexibility index (Phi) is 5.82. The molecule has 2 unspecified atom stereocenters. The second-order valence-electron chi connectivity index (χ2n) is 8.30. The third-order valence-corrected chi connectivity index (χ3v) is 6.48. The van der Waals surface area contributed by atoms with Crippen LogP contribution in [-0.4, -0.2) is 22.9 Å². The SMILES string of the molecule is CC1CCCC(C(=O)N(C2CCCCC2)C2CCCCC2)C1. The second-order valence-corrected chi connectivity index (χ2v) is 8.30. The summed E-state index contributed by atoms with van der Waals surface area (Å²) in [7, 11) is 0. The minimum Gasteiger partial charge on any atom is -0.336 e. The molecule has 0 aliphatic heterocycles. The van der Waals surface area contributed by atoms with E-state index in [1.54, 1.807) is 0 Å². The highest BCUT2D eigenvalue weighted by Gasteiger charge is 2.36. The van der Waals surface area contributed by atoms with Crippen LogP contribution in [-0.2, 0) is 4.79 Å². The highest BCUT2D eigenvalue weighted by Crippen LogP contribution is 2.35. The minimum absolute atomic E-state index is 0.340. The van der Waals surface area contributed by atoms with Crippen molar-refractivity contribution in [2.24, 2.45) is 11.8 Å². The van der Waals surface area contributed by atoms with E-state index in [0.29, 0.717) is 23.9 Å². The van der Waals surface area contributed by atoms with Gasteiger partial charge < -0.3 is 4.90 Å². The summed E-state index contributed by atoms with van der Waals surface area (Å²) in [6, 6.07) is 1.14. The van der Waals surface area contributed by atoms with Crippen LogP contribution < -0.4 is 0 Å². The molecule has 2 atom stereocenters. The van der Waals surface area contributed by atoms with Crippen molar-refractivity contribution in [3.8, 4) is 0 Å². The van der Waals surface area contributed by atoms with Crippen LogP contribution in [0.15, 0.2) is 0 Å². The van der Waals surface area contributed by atoms with Gasteiger partial charge in [-0.05, 0) is 44.4 Å². The normalized spacial score (nSPS) is 31.9. The Morgan fingerprint density at radius 1 is 0.727 bits per heavy atom. The number of hydrogen-bond acceptors (Lipinski definition) is 1. The van der Waals surface area contributed by atoms with Crippen molar-refractivity contribution in [3.05, 3.63) is 0 Å². The third-order valence-electron chi connectivity index (χ3n) is 6.48. The summed E-state index contributed by atoms with van der Waals surface area (Å²) in [6.07, 6.45) is 18.1. The van der Waals surface area contributed by atoms with Gasteiger partial charge in [0, 0.05) is 18.0 Å². The van der Waals surface area contributed by atoms with E-state index in [-0.39, 0.29) is 0 Å². The lowest BCUT2D eigenvalue weighted by atomic mass is 9.80. The van der Waals surface area contributed by atoms with Gasteiger partial charge in [-0.3, -0.25) is 4.79 Å². The molecule has 3 saturated carbocycles. The fraction of sp³-hybridized carbons (Fsp3) is 0.950. The number of carbonyl (C=O) groups excluding carboxylic acids is 1. The van der Waals surface area contributed by atoms with Crippen LogP contribution in [0.5, 0.6) is 0 Å². The van der Waals surface area contributed by atoms with Gasteiger partial charge in [0.1, 0.15) is 0 Å². The predicted molar refractivity (Wildman–Crippen MR) is 91.7 cm³/mol. The molecule has 3 fully saturated rings. The Morgan fingerprint density at radius 3 is 1.77 bits per heavy atom. The number of hydrogen-bond donors (Lipinski definition) is 0. The summed E-state index contributed by atoms with van der Waals surface area (Å²) >= 11 is 0. The maximum Gasteiger partial charge on any atom is 0.226 e. The second kappa shape index (κ2) is 7.84. The zero-order valence-corrected chi connectivity index (χ0v) is 14.6. The van der Waals surface area contributed by atoms with Gasteiger partial charge in [-0.2, -0.15) is 0 Å². The number of carbonyl (C=O) groups is 1. The standard InChI is InChI=1S/C20H35NO/c1-16-9-8-10-17(15-16)20(22)21(18-11-4-2-5-12-18)19-13-6-3-7-14-19/h16-19H,2-15H2,1H3. The fourth-order valence-electron chi connectivity index (χ4n) is 5.25. The maximum absolute atomic E-state index is 13.4. The highest BCUT2D eigenvalue weighted by atomic mass is 16.2. The van der Waals surface area contributed by atoms with Gasteiger partial charge in [-0.1, -0.05) is 58.3 Å². The van der Waals surface area contributed by atoms with Crippen LogP contribution in [0.4, 0.5) is 0 Å². The fourth-order valence-corrected chi connectivity index (χ4v) is 5.25. The van der Waals surface area contributed by atoms with E-state index in [4.69, 9.17) is 0 Å². The molecule has 0 saturated heterocycles. The molecule has 1 amide bonds. The first kappa shape index (κ1) is 16.3. The molecule has 0 aromatic rings. The molecule has 0 bridgehead atoms. The molecule has 0 N–H and O–H groups in total. The third kappa shape index (κ3) is 3.86. The summed E-state index contributed by atoms with van der Waals surface area (Å²) in [6.45, 7) is 2.34. The number of rotatable bonds is 3. The van der Waals surface area contributed by atoms with E-state index in [2.05, 4.69) is 11.8 Å². The van der Waals surface area contributed by atoms with Gasteiger partial charge in [0.15, 0.2) is 0 Å². The largest absolute Gasteiger partial charge is 0.336 e. The minimum atomic E-state index is 0.340. The summed E-state index contributed by atoms with van der Waals surface area (Å²) in [5.74, 6) is 1.64. The Morgan fingerprint density at radius 2 is 1.27 bits per heavy atom. The molecule has 0 spiro atoms. The summed E-state index contributed by atoms with van der Waals surface area (Å²) in [5, 5.41) is 0. The lowest BCUT2D eigenvalue weighted by Crippen LogP contribution is -2.51. The van der Waals surface area contributed by atoms with Crippen molar-refractivity contribution in [3.63, 3.8) is 0 Å². The van der Waals surface area contributed by atoms with Crippen LogP contribution in [0.3, 0.4) is 0 Å². The predicted octanol–water partition coefficient (Wildman–Crippen LogP) is 5.31. The van der Waals surface area contributed by atoms with Crippen LogP contribution in [0.25, 0.3) is 0 Å². The molecule has 0 aromatic heterocycles. The van der Waals surface area contributed by atoms with Gasteiger partial charge in [-0.25, -0.2) is 0 Å². The quantitative estimate of drug-likeness (QED) is 0.692. The zero-order valence-electron chi connectivity index (χ0n) is 14.6. The lowest BCUT2D eigenvalue weighted by molar-refractivity contribution is -0.144. The van der Waals surface area contributed by atoms with E-state index < -0.39 is 0 Å². The first-order chi connectivity index (χ1) is 10.8. The smallest absolute Gasteiger partial charge is 0.226 e. The molecule has 22 heavy (non-hydrogen) atoms. The molecule has 0 aromatic carbocycles. The number of amides is 1. The van der Waals surface area contributed by atoms with Crippen molar-refractivity contribution >= 4 is 5.91 Å². The zero-order chi connectivity index (χ0) is 15.4. The van der Waals surface area contributed by atoms with Crippen LogP contribution >= 0.6 is 0 Å². The Hall–Kier alpha value is -0.530. The highest BCUT2D eigenvalue weighted by molar-refractivity contribution is 5.79. The van der Waals surface area contributed by atoms with Crippen molar-refractivity contribution in [2.75, 3.05) is 0 Å². The van der Waals surface area contributed by atoms with Gasteiger partial charge in [0.25, 0.3) is 0 Å². The lowest BCUT2D eigenvalue weighted by Gasteiger charge is -2.44. The van der Waals surface area contributed by atoms with E-state index in [9.17, 15) is 4.79 Å². The molecule has 126 valence electrons. The van der Waals surface area contributed by atoms with E-state index in [0.717, 1.165) is 18.8 Å². The first-order valence-electron chi connectivity index (χ1n) is 10.1. The summed E-state index contributed by atoms with van der Waals surface area (Å²) in [5.41, 5.74) is 0.